The van der Waals surface area contributed by atoms with Crippen molar-refractivity contribution < 1.29 is 19.1 Å². The average molecular weight is 402 g/mol. The summed E-state index contributed by atoms with van der Waals surface area (Å²) in [5.74, 6) is -1.04. The van der Waals surface area contributed by atoms with Crippen molar-refractivity contribution in [3.05, 3.63) is 64.8 Å². The Morgan fingerprint density at radius 1 is 1.26 bits per heavy atom. The maximum atomic E-state index is 13.8. The molecule has 2 amide bonds. The van der Waals surface area contributed by atoms with Gasteiger partial charge in [-0.15, -0.1) is 0 Å². The summed E-state index contributed by atoms with van der Waals surface area (Å²) >= 11 is 6.29. The molecule has 138 valence electrons. The highest BCUT2D eigenvalue weighted by Crippen LogP contribution is 2.33. The molecule has 5 nitrogen and oxygen atoms in total. The second kappa shape index (κ2) is 8.32. The minimum Gasteiger partial charge on any atom is -0.508 e. The van der Waals surface area contributed by atoms with Crippen LogP contribution >= 0.6 is 24.0 Å². The van der Waals surface area contributed by atoms with E-state index in [0.29, 0.717) is 20.5 Å². The summed E-state index contributed by atoms with van der Waals surface area (Å²) in [7, 11) is 0. The highest BCUT2D eigenvalue weighted by molar-refractivity contribution is 8.26. The normalized spacial score (nSPS) is 15.4. The summed E-state index contributed by atoms with van der Waals surface area (Å²) in [6.45, 7) is 0.115. The summed E-state index contributed by atoms with van der Waals surface area (Å²) < 4.78 is 14.1. The molecule has 8 heteroatoms. The molecule has 0 radical (unpaired) electrons. The van der Waals surface area contributed by atoms with Crippen molar-refractivity contribution in [2.24, 2.45) is 0 Å². The number of phenols is 1. The number of benzene rings is 2. The van der Waals surface area contributed by atoms with Crippen molar-refractivity contribution in [3.8, 4) is 5.75 Å². The first-order valence-corrected chi connectivity index (χ1v) is 9.25. The molecule has 3 rings (SSSR count). The standard InChI is InChI=1S/C19H15FN2O3S2/c20-15-7-2-1-4-12(15)10-16-18(25)22(19(26)27-16)9-8-17(24)21-13-5-3-6-14(23)11-13/h1-7,10-11,23H,8-9H2,(H,21,24). The molecule has 1 heterocycles. The molecular formula is C19H15FN2O3S2. The zero-order chi connectivity index (χ0) is 19.4. The summed E-state index contributed by atoms with van der Waals surface area (Å²) in [4.78, 5) is 26.2. The van der Waals surface area contributed by atoms with Crippen LogP contribution in [0, 0.1) is 5.82 Å². The van der Waals surface area contributed by atoms with E-state index < -0.39 is 5.82 Å². The predicted molar refractivity (Wildman–Crippen MR) is 108 cm³/mol. The predicted octanol–water partition coefficient (Wildman–Crippen LogP) is 3.76. The van der Waals surface area contributed by atoms with E-state index in [0.717, 1.165) is 11.8 Å². The Kier molecular flexibility index (Phi) is 5.88. The van der Waals surface area contributed by atoms with E-state index in [1.165, 1.54) is 29.2 Å². The van der Waals surface area contributed by atoms with E-state index >= 15 is 0 Å². The first kappa shape index (κ1) is 19.1. The fourth-order valence-corrected chi connectivity index (χ4v) is 3.75. The number of phenolic OH excluding ortho intramolecular Hbond substituents is 1. The highest BCUT2D eigenvalue weighted by atomic mass is 32.2. The number of nitrogens with one attached hydrogen (secondary N) is 1. The fraction of sp³-hybridized carbons (Fsp3) is 0.105. The average Bonchev–Trinajstić information content (AvgIpc) is 2.88. The van der Waals surface area contributed by atoms with Crippen LogP contribution in [-0.2, 0) is 9.59 Å². The van der Waals surface area contributed by atoms with Gasteiger partial charge >= 0.3 is 0 Å². The van der Waals surface area contributed by atoms with Gasteiger partial charge in [0.25, 0.3) is 5.91 Å². The van der Waals surface area contributed by atoms with Gasteiger partial charge in [-0.3, -0.25) is 14.5 Å². The number of hydrogen-bond donors (Lipinski definition) is 2. The molecule has 1 aliphatic heterocycles. The van der Waals surface area contributed by atoms with E-state index in [4.69, 9.17) is 12.2 Å². The lowest BCUT2D eigenvalue weighted by Gasteiger charge is -2.14. The number of carbonyl (C=O) groups excluding carboxylic acids is 2. The van der Waals surface area contributed by atoms with Crippen LogP contribution in [0.15, 0.2) is 53.4 Å². The maximum Gasteiger partial charge on any atom is 0.266 e. The molecule has 0 aromatic heterocycles. The van der Waals surface area contributed by atoms with E-state index in [1.807, 2.05) is 0 Å². The van der Waals surface area contributed by atoms with Gasteiger partial charge < -0.3 is 10.4 Å². The summed E-state index contributed by atoms with van der Waals surface area (Å²) in [5, 5.41) is 12.1. The van der Waals surface area contributed by atoms with Crippen molar-refractivity contribution in [1.29, 1.82) is 0 Å². The van der Waals surface area contributed by atoms with Gasteiger partial charge in [0.05, 0.1) is 4.91 Å². The number of aromatic hydroxyl groups is 1. The minimum atomic E-state index is -0.423. The van der Waals surface area contributed by atoms with Crippen LogP contribution in [0.25, 0.3) is 6.08 Å². The number of carbonyl (C=O) groups is 2. The van der Waals surface area contributed by atoms with Gasteiger partial charge in [-0.05, 0) is 24.3 Å². The molecule has 1 aliphatic rings. The zero-order valence-corrected chi connectivity index (χ0v) is 15.6. The van der Waals surface area contributed by atoms with Crippen LogP contribution in [-0.4, -0.2) is 32.7 Å². The maximum absolute atomic E-state index is 13.8. The fourth-order valence-electron chi connectivity index (χ4n) is 2.45. The van der Waals surface area contributed by atoms with Gasteiger partial charge in [0.1, 0.15) is 15.9 Å². The molecule has 0 aliphatic carbocycles. The highest BCUT2D eigenvalue weighted by Gasteiger charge is 2.32. The van der Waals surface area contributed by atoms with Crippen LogP contribution in [0.2, 0.25) is 0 Å². The number of thiocarbonyl (C=S) groups is 1. The van der Waals surface area contributed by atoms with Gasteiger partial charge in [0.2, 0.25) is 5.91 Å². The van der Waals surface area contributed by atoms with Crippen LogP contribution in [0.4, 0.5) is 10.1 Å². The Balaban J connectivity index is 1.62. The molecule has 0 saturated carbocycles. The van der Waals surface area contributed by atoms with Crippen LogP contribution in [0.5, 0.6) is 5.75 Å². The molecule has 2 aromatic carbocycles. The van der Waals surface area contributed by atoms with Crippen LogP contribution in [0.3, 0.4) is 0 Å². The molecular weight excluding hydrogens is 387 g/mol. The Labute approximate surface area is 164 Å². The van der Waals surface area contributed by atoms with Crippen LogP contribution in [0.1, 0.15) is 12.0 Å². The number of rotatable bonds is 5. The molecule has 0 bridgehead atoms. The molecule has 27 heavy (non-hydrogen) atoms. The van der Waals surface area contributed by atoms with E-state index in [-0.39, 0.29) is 30.5 Å². The van der Waals surface area contributed by atoms with Crippen molar-refractivity contribution in [2.45, 2.75) is 6.42 Å². The smallest absolute Gasteiger partial charge is 0.266 e. The zero-order valence-electron chi connectivity index (χ0n) is 14.0. The van der Waals surface area contributed by atoms with Crippen molar-refractivity contribution in [3.63, 3.8) is 0 Å². The van der Waals surface area contributed by atoms with E-state index in [9.17, 15) is 19.1 Å². The number of thioether (sulfide) groups is 1. The molecule has 2 aromatic rings. The number of anilines is 1. The van der Waals surface area contributed by atoms with E-state index in [2.05, 4.69) is 5.32 Å². The van der Waals surface area contributed by atoms with Crippen LogP contribution < -0.4 is 5.32 Å². The molecule has 0 unspecified atom stereocenters. The molecule has 0 spiro atoms. The molecule has 1 fully saturated rings. The Morgan fingerprint density at radius 3 is 2.78 bits per heavy atom. The lowest BCUT2D eigenvalue weighted by Crippen LogP contribution is -2.31. The van der Waals surface area contributed by atoms with Crippen molar-refractivity contribution >= 4 is 51.9 Å². The Morgan fingerprint density at radius 2 is 2.04 bits per heavy atom. The molecule has 2 N–H and O–H groups in total. The van der Waals surface area contributed by atoms with Gasteiger partial charge in [-0.25, -0.2) is 4.39 Å². The summed E-state index contributed by atoms with van der Waals surface area (Å²) in [6, 6.07) is 12.3. The van der Waals surface area contributed by atoms with Gasteiger partial charge in [-0.2, -0.15) is 0 Å². The molecule has 0 atom stereocenters. The Bertz CT molecular complexity index is 946. The number of hydrogen-bond acceptors (Lipinski definition) is 5. The quantitative estimate of drug-likeness (QED) is 0.589. The second-order valence-electron chi connectivity index (χ2n) is 5.70. The summed E-state index contributed by atoms with van der Waals surface area (Å²) in [6.07, 6.45) is 1.50. The first-order valence-electron chi connectivity index (χ1n) is 8.03. The first-order chi connectivity index (χ1) is 12.9. The second-order valence-corrected chi connectivity index (χ2v) is 7.38. The lowest BCUT2D eigenvalue weighted by molar-refractivity contribution is -0.122. The van der Waals surface area contributed by atoms with Gasteiger partial charge in [0, 0.05) is 30.3 Å². The monoisotopic (exact) mass is 402 g/mol. The van der Waals surface area contributed by atoms with Gasteiger partial charge in [-0.1, -0.05) is 48.2 Å². The van der Waals surface area contributed by atoms with Gasteiger partial charge in [0.15, 0.2) is 0 Å². The van der Waals surface area contributed by atoms with E-state index in [1.54, 1.807) is 30.3 Å². The third-order valence-corrected chi connectivity index (χ3v) is 5.14. The molecule has 1 saturated heterocycles. The number of nitrogens with zero attached hydrogens (tertiary/aromatic N) is 1. The van der Waals surface area contributed by atoms with Crippen molar-refractivity contribution in [1.82, 2.24) is 4.90 Å². The largest absolute Gasteiger partial charge is 0.508 e. The Hall–Kier alpha value is -2.71. The number of halogens is 1. The third kappa shape index (κ3) is 4.72. The van der Waals surface area contributed by atoms with Crippen molar-refractivity contribution in [2.75, 3.05) is 11.9 Å². The topological polar surface area (TPSA) is 69.6 Å². The minimum absolute atomic E-state index is 0.0368. The summed E-state index contributed by atoms with van der Waals surface area (Å²) in [5.41, 5.74) is 0.768. The third-order valence-electron chi connectivity index (χ3n) is 3.76. The SMILES string of the molecule is O=C(CCN1C(=O)C(=Cc2ccccc2F)SC1=S)Nc1cccc(O)c1. The number of amides is 2. The lowest BCUT2D eigenvalue weighted by atomic mass is 10.2.